The second-order valence-corrected chi connectivity index (χ2v) is 9.48. The minimum Gasteiger partial charge on any atom is -0.367 e. The third-order valence-electron chi connectivity index (χ3n) is 6.44. The molecule has 2 saturated heterocycles. The molecule has 0 amide bonds. The molecular weight excluding hydrogens is 420 g/mol. The van der Waals surface area contributed by atoms with Crippen molar-refractivity contribution in [3.8, 4) is 0 Å². The highest BCUT2D eigenvalue weighted by molar-refractivity contribution is 7.99. The number of benzene rings is 1. The van der Waals surface area contributed by atoms with Crippen molar-refractivity contribution >= 4 is 18.0 Å². The monoisotopic (exact) mass is 452 g/mol. The second-order valence-electron chi connectivity index (χ2n) is 8.11. The minimum atomic E-state index is -1.08. The Bertz CT molecular complexity index is 734. The van der Waals surface area contributed by atoms with Gasteiger partial charge in [0.2, 0.25) is 11.6 Å². The standard InChI is InChI=1S/C23H32O7S/c1-4-31-21-20(27-15-16-10-6-5-7-11-16)19-18(17(14-24)28-21)29-22(25-2)12-8-9-13-23(22,26-3)30-19/h5-7,10-11,14,17-21H,4,8-9,12-13,15H2,1-3H3/t17-,18-,19+,20+,21-,22+,23+/m1/s1. The van der Waals surface area contributed by atoms with Crippen LogP contribution in [0.25, 0.3) is 0 Å². The number of hydrogen-bond acceptors (Lipinski definition) is 8. The van der Waals surface area contributed by atoms with E-state index in [0.717, 1.165) is 30.4 Å². The molecule has 7 nitrogen and oxygen atoms in total. The Hall–Kier alpha value is -1.00. The van der Waals surface area contributed by atoms with E-state index in [2.05, 4.69) is 6.92 Å². The van der Waals surface area contributed by atoms with Gasteiger partial charge in [-0.15, -0.1) is 11.8 Å². The Morgan fingerprint density at radius 3 is 2.29 bits per heavy atom. The van der Waals surface area contributed by atoms with Crippen LogP contribution in [-0.4, -0.2) is 67.7 Å². The van der Waals surface area contributed by atoms with Crippen LogP contribution in [0.1, 0.15) is 38.2 Å². The highest BCUT2D eigenvalue weighted by Crippen LogP contribution is 2.51. The Morgan fingerprint density at radius 2 is 1.71 bits per heavy atom. The molecule has 3 aliphatic rings. The summed E-state index contributed by atoms with van der Waals surface area (Å²) in [5.74, 6) is -1.32. The molecule has 2 aliphatic heterocycles. The Morgan fingerprint density at radius 1 is 1.06 bits per heavy atom. The van der Waals surface area contributed by atoms with Crippen LogP contribution in [-0.2, 0) is 39.8 Å². The third kappa shape index (κ3) is 4.19. The van der Waals surface area contributed by atoms with Crippen LogP contribution in [0.4, 0.5) is 0 Å². The smallest absolute Gasteiger partial charge is 0.223 e. The number of ether oxygens (including phenoxy) is 6. The van der Waals surface area contributed by atoms with Gasteiger partial charge in [-0.1, -0.05) is 37.3 Å². The van der Waals surface area contributed by atoms with E-state index in [9.17, 15) is 4.79 Å². The average Bonchev–Trinajstić information content (AvgIpc) is 2.82. The maximum absolute atomic E-state index is 12.0. The van der Waals surface area contributed by atoms with Crippen LogP contribution >= 0.6 is 11.8 Å². The lowest BCUT2D eigenvalue weighted by atomic mass is 9.84. The topological polar surface area (TPSA) is 72.5 Å². The molecule has 1 aromatic rings. The largest absolute Gasteiger partial charge is 0.367 e. The molecule has 2 heterocycles. The summed E-state index contributed by atoms with van der Waals surface area (Å²) in [6, 6.07) is 9.97. The predicted molar refractivity (Wildman–Crippen MR) is 116 cm³/mol. The first kappa shape index (κ1) is 23.2. The van der Waals surface area contributed by atoms with Crippen molar-refractivity contribution in [2.24, 2.45) is 0 Å². The molecule has 0 N–H and O–H groups in total. The molecule has 0 unspecified atom stereocenters. The molecule has 8 heteroatoms. The zero-order chi connectivity index (χ0) is 21.9. The molecule has 0 bridgehead atoms. The van der Waals surface area contributed by atoms with Crippen molar-refractivity contribution in [1.82, 2.24) is 0 Å². The number of carbonyl (C=O) groups excluding carboxylic acids is 1. The van der Waals surface area contributed by atoms with Gasteiger partial charge < -0.3 is 33.2 Å². The highest BCUT2D eigenvalue weighted by Gasteiger charge is 2.67. The highest BCUT2D eigenvalue weighted by atomic mass is 32.2. The first-order chi connectivity index (χ1) is 15.1. The summed E-state index contributed by atoms with van der Waals surface area (Å²) in [6.07, 6.45) is 1.55. The van der Waals surface area contributed by atoms with Crippen molar-refractivity contribution in [1.29, 1.82) is 0 Å². The molecule has 0 spiro atoms. The van der Waals surface area contributed by atoms with E-state index in [1.807, 2.05) is 30.3 Å². The average molecular weight is 453 g/mol. The third-order valence-corrected chi connectivity index (χ3v) is 7.48. The SMILES string of the molecule is CCS[C@H]1O[C@H](C=O)[C@H]2O[C@@]3(OC)CCCC[C@]3(OC)O[C@@H]2[C@@H]1OCc1ccccc1. The molecule has 7 atom stereocenters. The van der Waals surface area contributed by atoms with E-state index < -0.39 is 36.0 Å². The molecule has 31 heavy (non-hydrogen) atoms. The molecule has 1 aromatic carbocycles. The molecule has 3 fully saturated rings. The number of carbonyl (C=O) groups is 1. The van der Waals surface area contributed by atoms with E-state index in [-0.39, 0.29) is 5.44 Å². The summed E-state index contributed by atoms with van der Waals surface area (Å²) in [5, 5.41) is 0. The first-order valence-corrected chi connectivity index (χ1v) is 12.0. The minimum absolute atomic E-state index is 0.360. The van der Waals surface area contributed by atoms with Gasteiger partial charge in [-0.3, -0.25) is 0 Å². The Kier molecular flexibility index (Phi) is 7.37. The fourth-order valence-electron chi connectivity index (χ4n) is 4.90. The zero-order valence-corrected chi connectivity index (χ0v) is 19.2. The van der Waals surface area contributed by atoms with Crippen molar-refractivity contribution in [3.05, 3.63) is 35.9 Å². The van der Waals surface area contributed by atoms with Crippen molar-refractivity contribution in [2.45, 2.75) is 80.6 Å². The van der Waals surface area contributed by atoms with Gasteiger partial charge in [0.05, 0.1) is 6.61 Å². The summed E-state index contributed by atoms with van der Waals surface area (Å²) in [5.41, 5.74) is 0.695. The number of hydrogen-bond donors (Lipinski definition) is 0. The summed E-state index contributed by atoms with van der Waals surface area (Å²) in [7, 11) is 3.22. The molecule has 1 saturated carbocycles. The van der Waals surface area contributed by atoms with Crippen LogP contribution < -0.4 is 0 Å². The lowest BCUT2D eigenvalue weighted by molar-refractivity contribution is -0.487. The van der Waals surface area contributed by atoms with E-state index >= 15 is 0 Å². The van der Waals surface area contributed by atoms with Gasteiger partial charge in [0, 0.05) is 27.1 Å². The summed E-state index contributed by atoms with van der Waals surface area (Å²) in [6.45, 7) is 2.46. The maximum Gasteiger partial charge on any atom is 0.223 e. The maximum atomic E-state index is 12.0. The lowest BCUT2D eigenvalue weighted by Crippen LogP contribution is -2.75. The van der Waals surface area contributed by atoms with E-state index in [0.29, 0.717) is 19.4 Å². The molecule has 4 rings (SSSR count). The Labute approximate surface area is 188 Å². The molecule has 172 valence electrons. The molecular formula is C23H32O7S. The van der Waals surface area contributed by atoms with Crippen molar-refractivity contribution < 1.29 is 33.2 Å². The van der Waals surface area contributed by atoms with Crippen LogP contribution in [0.3, 0.4) is 0 Å². The van der Waals surface area contributed by atoms with Gasteiger partial charge in [0.1, 0.15) is 29.9 Å². The fraction of sp³-hybridized carbons (Fsp3) is 0.696. The number of thioether (sulfide) groups is 1. The van der Waals surface area contributed by atoms with Gasteiger partial charge in [0.25, 0.3) is 0 Å². The number of aldehydes is 1. The quantitative estimate of drug-likeness (QED) is 0.557. The van der Waals surface area contributed by atoms with Crippen LogP contribution in [0.5, 0.6) is 0 Å². The van der Waals surface area contributed by atoms with Crippen LogP contribution in [0, 0.1) is 0 Å². The fourth-order valence-corrected chi connectivity index (χ4v) is 5.86. The summed E-state index contributed by atoms with van der Waals surface area (Å²) >= 11 is 1.60. The van der Waals surface area contributed by atoms with Gasteiger partial charge in [-0.05, 0) is 24.2 Å². The van der Waals surface area contributed by atoms with E-state index in [1.54, 1.807) is 26.0 Å². The summed E-state index contributed by atoms with van der Waals surface area (Å²) < 4.78 is 37.5. The van der Waals surface area contributed by atoms with Crippen molar-refractivity contribution in [2.75, 3.05) is 20.0 Å². The van der Waals surface area contributed by atoms with Crippen LogP contribution in [0.2, 0.25) is 0 Å². The van der Waals surface area contributed by atoms with E-state index in [1.165, 1.54) is 0 Å². The van der Waals surface area contributed by atoms with Gasteiger partial charge >= 0.3 is 0 Å². The molecule has 1 aliphatic carbocycles. The zero-order valence-electron chi connectivity index (χ0n) is 18.4. The first-order valence-electron chi connectivity index (χ1n) is 11.0. The number of rotatable bonds is 8. The lowest BCUT2D eigenvalue weighted by Gasteiger charge is -2.60. The van der Waals surface area contributed by atoms with Gasteiger partial charge in [0.15, 0.2) is 6.29 Å². The normalized spacial score (nSPS) is 40.0. The van der Waals surface area contributed by atoms with Gasteiger partial charge in [-0.2, -0.15) is 0 Å². The number of methoxy groups -OCH3 is 2. The van der Waals surface area contributed by atoms with Gasteiger partial charge in [-0.25, -0.2) is 0 Å². The molecule has 0 radical (unpaired) electrons. The number of fused-ring (bicyclic) bond motifs is 2. The summed E-state index contributed by atoms with van der Waals surface area (Å²) in [4.78, 5) is 12.0. The second kappa shape index (κ2) is 9.87. The Balaban J connectivity index is 1.65. The van der Waals surface area contributed by atoms with Crippen molar-refractivity contribution in [3.63, 3.8) is 0 Å². The molecule has 0 aromatic heterocycles. The van der Waals surface area contributed by atoms with Crippen LogP contribution in [0.15, 0.2) is 30.3 Å². The predicted octanol–water partition coefficient (Wildman–Crippen LogP) is 3.29. The van der Waals surface area contributed by atoms with E-state index in [4.69, 9.17) is 28.4 Å².